The second-order valence-electron chi connectivity index (χ2n) is 6.31. The van der Waals surface area contributed by atoms with Crippen molar-refractivity contribution < 1.29 is 4.74 Å². The highest BCUT2D eigenvalue weighted by Crippen LogP contribution is 2.30. The summed E-state index contributed by atoms with van der Waals surface area (Å²) in [7, 11) is 1.82. The number of hydrogen-bond acceptors (Lipinski definition) is 4. The Kier molecular flexibility index (Phi) is 5.59. The number of rotatable bonds is 6. The topological polar surface area (TPSA) is 37.4 Å². The van der Waals surface area contributed by atoms with Crippen molar-refractivity contribution in [3.63, 3.8) is 0 Å². The van der Waals surface area contributed by atoms with Gasteiger partial charge in [-0.1, -0.05) is 6.92 Å². The van der Waals surface area contributed by atoms with Crippen LogP contribution in [0, 0.1) is 6.92 Å². The van der Waals surface area contributed by atoms with Gasteiger partial charge in [0.05, 0.1) is 5.60 Å². The van der Waals surface area contributed by atoms with Gasteiger partial charge in [0.1, 0.15) is 0 Å². The van der Waals surface area contributed by atoms with Crippen LogP contribution in [-0.4, -0.2) is 37.3 Å². The van der Waals surface area contributed by atoms with Gasteiger partial charge >= 0.3 is 0 Å². The van der Waals surface area contributed by atoms with E-state index in [0.717, 1.165) is 44.7 Å². The molecule has 4 heteroatoms. The Labute approximate surface area is 128 Å². The molecular weight excluding hydrogens is 262 g/mol. The predicted octanol–water partition coefficient (Wildman–Crippen LogP) is 2.89. The Balaban J connectivity index is 2.18. The summed E-state index contributed by atoms with van der Waals surface area (Å²) in [5, 5.41) is 3.49. The maximum atomic E-state index is 5.73. The Bertz CT molecular complexity index is 463. The molecule has 4 nitrogen and oxygen atoms in total. The summed E-state index contributed by atoms with van der Waals surface area (Å²) in [5.41, 5.74) is 3.64. The van der Waals surface area contributed by atoms with Crippen LogP contribution < -0.4 is 10.2 Å². The number of aromatic nitrogens is 1. The fourth-order valence-corrected chi connectivity index (χ4v) is 2.98. The van der Waals surface area contributed by atoms with Crippen LogP contribution in [0.25, 0.3) is 0 Å². The summed E-state index contributed by atoms with van der Waals surface area (Å²) < 4.78 is 5.73. The van der Waals surface area contributed by atoms with Crippen molar-refractivity contribution >= 4 is 5.69 Å². The molecule has 1 N–H and O–H groups in total. The summed E-state index contributed by atoms with van der Waals surface area (Å²) in [5.74, 6) is 0. The highest BCUT2D eigenvalue weighted by molar-refractivity contribution is 5.54. The molecule has 0 aliphatic carbocycles. The molecule has 118 valence electrons. The first-order valence-electron chi connectivity index (χ1n) is 8.04. The molecule has 1 aromatic rings. The highest BCUT2D eigenvalue weighted by Gasteiger charge is 2.31. The number of hydrogen-bond donors (Lipinski definition) is 1. The summed E-state index contributed by atoms with van der Waals surface area (Å²) in [6.07, 6.45) is 5.48. The molecule has 21 heavy (non-hydrogen) atoms. The molecule has 1 aromatic heterocycles. The fraction of sp³-hybridized carbons (Fsp3) is 0.706. The third-order valence-corrected chi connectivity index (χ3v) is 4.33. The molecule has 1 unspecified atom stereocenters. The van der Waals surface area contributed by atoms with Gasteiger partial charge in [-0.3, -0.25) is 4.98 Å². The van der Waals surface area contributed by atoms with Crippen LogP contribution in [0.1, 0.15) is 44.4 Å². The lowest BCUT2D eigenvalue weighted by Gasteiger charge is -2.41. The van der Waals surface area contributed by atoms with Gasteiger partial charge in [0, 0.05) is 49.9 Å². The molecule has 1 atom stereocenters. The van der Waals surface area contributed by atoms with E-state index in [1.165, 1.54) is 17.7 Å². The van der Waals surface area contributed by atoms with Crippen molar-refractivity contribution in [3.8, 4) is 0 Å². The minimum atomic E-state index is -0.0382. The molecule has 0 radical (unpaired) electrons. The van der Waals surface area contributed by atoms with E-state index in [0.29, 0.717) is 0 Å². The van der Waals surface area contributed by atoms with Crippen molar-refractivity contribution in [3.05, 3.63) is 23.5 Å². The summed E-state index contributed by atoms with van der Waals surface area (Å²) in [6.45, 7) is 10.4. The van der Waals surface area contributed by atoms with Crippen LogP contribution in [0.4, 0.5) is 5.69 Å². The van der Waals surface area contributed by atoms with Crippen molar-refractivity contribution in [2.75, 3.05) is 31.6 Å². The first-order valence-corrected chi connectivity index (χ1v) is 8.04. The molecule has 0 saturated carbocycles. The maximum Gasteiger partial charge on any atom is 0.0825 e. The number of nitrogens with zero attached hydrogens (tertiary/aromatic N) is 2. The Morgan fingerprint density at radius 2 is 2.29 bits per heavy atom. The molecule has 2 rings (SSSR count). The van der Waals surface area contributed by atoms with E-state index in [-0.39, 0.29) is 5.60 Å². The van der Waals surface area contributed by atoms with Gasteiger partial charge in [-0.05, 0) is 45.7 Å². The van der Waals surface area contributed by atoms with Crippen LogP contribution in [0.3, 0.4) is 0 Å². The number of ether oxygens (including phenoxy) is 1. The average molecular weight is 291 g/mol. The molecular formula is C17H29N3O. The molecule has 0 bridgehead atoms. The van der Waals surface area contributed by atoms with Crippen molar-refractivity contribution in [1.82, 2.24) is 10.3 Å². The average Bonchev–Trinajstić information content (AvgIpc) is 2.49. The van der Waals surface area contributed by atoms with E-state index in [1.54, 1.807) is 0 Å². The van der Waals surface area contributed by atoms with E-state index < -0.39 is 0 Å². The number of methoxy groups -OCH3 is 1. The lowest BCUT2D eigenvalue weighted by molar-refractivity contribution is -0.00469. The van der Waals surface area contributed by atoms with Gasteiger partial charge in [-0.15, -0.1) is 0 Å². The second kappa shape index (κ2) is 7.23. The lowest BCUT2D eigenvalue weighted by Crippen LogP contribution is -2.47. The van der Waals surface area contributed by atoms with Crippen molar-refractivity contribution in [2.45, 2.75) is 52.2 Å². The van der Waals surface area contributed by atoms with Gasteiger partial charge in [0.15, 0.2) is 0 Å². The van der Waals surface area contributed by atoms with Gasteiger partial charge in [-0.25, -0.2) is 0 Å². The van der Waals surface area contributed by atoms with Gasteiger partial charge in [0.25, 0.3) is 0 Å². The number of nitrogens with one attached hydrogen (secondary N) is 1. The van der Waals surface area contributed by atoms with Gasteiger partial charge in [0.2, 0.25) is 0 Å². The zero-order chi connectivity index (χ0) is 15.3. The van der Waals surface area contributed by atoms with Crippen LogP contribution in [0.5, 0.6) is 0 Å². The monoisotopic (exact) mass is 291 g/mol. The summed E-state index contributed by atoms with van der Waals surface area (Å²) in [6, 6.07) is 2.21. The third-order valence-electron chi connectivity index (χ3n) is 4.33. The van der Waals surface area contributed by atoms with Crippen molar-refractivity contribution in [2.24, 2.45) is 0 Å². The zero-order valence-electron chi connectivity index (χ0n) is 13.9. The number of piperidine rings is 1. The number of aryl methyl sites for hydroxylation is 1. The first-order chi connectivity index (χ1) is 10.1. The normalized spacial score (nSPS) is 22.6. The van der Waals surface area contributed by atoms with E-state index in [9.17, 15) is 0 Å². The quantitative estimate of drug-likeness (QED) is 0.818. The standard InChI is InChI=1S/C17H29N3O/c1-5-8-18-11-15-12-19-14(2)10-16(15)20-9-6-7-17(3,13-20)21-4/h10,12,18H,5-9,11,13H2,1-4H3. The molecule has 2 heterocycles. The third kappa shape index (κ3) is 4.17. The molecule has 0 spiro atoms. The SMILES string of the molecule is CCCNCc1cnc(C)cc1N1CCCC(C)(OC)C1. The predicted molar refractivity (Wildman–Crippen MR) is 87.8 cm³/mol. The number of pyridine rings is 1. The Hall–Kier alpha value is -1.13. The largest absolute Gasteiger partial charge is 0.377 e. The highest BCUT2D eigenvalue weighted by atomic mass is 16.5. The lowest BCUT2D eigenvalue weighted by atomic mass is 9.94. The minimum absolute atomic E-state index is 0.0382. The Morgan fingerprint density at radius 1 is 1.48 bits per heavy atom. The summed E-state index contributed by atoms with van der Waals surface area (Å²) >= 11 is 0. The maximum absolute atomic E-state index is 5.73. The number of anilines is 1. The van der Waals surface area contributed by atoms with E-state index in [4.69, 9.17) is 4.74 Å². The smallest absolute Gasteiger partial charge is 0.0825 e. The molecule has 1 aliphatic rings. The van der Waals surface area contributed by atoms with Crippen LogP contribution in [0.15, 0.2) is 12.3 Å². The Morgan fingerprint density at radius 3 is 3.00 bits per heavy atom. The first kappa shape index (κ1) is 16.2. The summed E-state index contributed by atoms with van der Waals surface area (Å²) in [4.78, 5) is 6.93. The van der Waals surface area contributed by atoms with Crippen LogP contribution >= 0.6 is 0 Å². The van der Waals surface area contributed by atoms with Crippen LogP contribution in [-0.2, 0) is 11.3 Å². The fourth-order valence-electron chi connectivity index (χ4n) is 2.98. The molecule has 1 aliphatic heterocycles. The van der Waals surface area contributed by atoms with Gasteiger partial charge < -0.3 is 15.0 Å². The molecule has 0 aromatic carbocycles. The van der Waals surface area contributed by atoms with Crippen molar-refractivity contribution in [1.29, 1.82) is 0 Å². The van der Waals surface area contributed by atoms with E-state index in [1.807, 2.05) is 13.3 Å². The van der Waals surface area contributed by atoms with Gasteiger partial charge in [-0.2, -0.15) is 0 Å². The van der Waals surface area contributed by atoms with Crippen LogP contribution in [0.2, 0.25) is 0 Å². The second-order valence-corrected chi connectivity index (χ2v) is 6.31. The molecule has 1 fully saturated rings. The minimum Gasteiger partial charge on any atom is -0.377 e. The van der Waals surface area contributed by atoms with E-state index >= 15 is 0 Å². The molecule has 0 amide bonds. The van der Waals surface area contributed by atoms with E-state index in [2.05, 4.69) is 42.0 Å². The zero-order valence-corrected chi connectivity index (χ0v) is 13.9. The molecule has 1 saturated heterocycles.